The largest absolute Gasteiger partial charge is 0.370 e. The molecule has 1 saturated heterocycles. The lowest BCUT2D eigenvalue weighted by Crippen LogP contribution is -2.45. The Balaban J connectivity index is 1.66. The van der Waals surface area contributed by atoms with E-state index in [1.165, 1.54) is 0 Å². The molecule has 0 radical (unpaired) electrons. The van der Waals surface area contributed by atoms with Gasteiger partial charge >= 0.3 is 0 Å². The third-order valence-corrected chi connectivity index (χ3v) is 5.33. The van der Waals surface area contributed by atoms with E-state index in [0.29, 0.717) is 22.0 Å². The zero-order chi connectivity index (χ0) is 21.5. The quantitative estimate of drug-likeness (QED) is 0.629. The van der Waals surface area contributed by atoms with Crippen LogP contribution in [0.15, 0.2) is 48.5 Å². The Bertz CT molecular complexity index is 917. The average molecular weight is 429 g/mol. The van der Waals surface area contributed by atoms with Crippen LogP contribution in [0.25, 0.3) is 0 Å². The van der Waals surface area contributed by atoms with Crippen molar-refractivity contribution in [3.8, 4) is 0 Å². The molecular formula is C22H25ClN4O3. The van der Waals surface area contributed by atoms with Crippen LogP contribution in [0.5, 0.6) is 0 Å². The lowest BCUT2D eigenvalue weighted by atomic mass is 9.99. The van der Waals surface area contributed by atoms with E-state index in [-0.39, 0.29) is 36.7 Å². The fourth-order valence-corrected chi connectivity index (χ4v) is 3.75. The number of rotatable bonds is 7. The van der Waals surface area contributed by atoms with Crippen LogP contribution >= 0.6 is 11.6 Å². The lowest BCUT2D eigenvalue weighted by molar-refractivity contribution is -0.122. The zero-order valence-electron chi connectivity index (χ0n) is 16.6. The molecule has 3 amide bonds. The molecule has 0 aliphatic carbocycles. The first-order valence-electron chi connectivity index (χ1n) is 9.90. The number of carbonyl (C=O) groups excluding carboxylic acids is 3. The summed E-state index contributed by atoms with van der Waals surface area (Å²) in [7, 11) is 0. The number of halogens is 1. The van der Waals surface area contributed by atoms with Gasteiger partial charge in [0.2, 0.25) is 11.8 Å². The molecule has 1 aliphatic heterocycles. The summed E-state index contributed by atoms with van der Waals surface area (Å²) in [4.78, 5) is 38.7. The Morgan fingerprint density at radius 1 is 1.03 bits per heavy atom. The maximum atomic E-state index is 12.7. The Labute approximate surface area is 180 Å². The SMILES string of the molecule is NC(=O)CC1CCCCN1CC(=O)Nc1ccccc1C(=O)Nc1ccc(Cl)cc1. The minimum Gasteiger partial charge on any atom is -0.370 e. The predicted molar refractivity (Wildman–Crippen MR) is 118 cm³/mol. The van der Waals surface area contributed by atoms with E-state index in [1.807, 2.05) is 4.90 Å². The topological polar surface area (TPSA) is 105 Å². The van der Waals surface area contributed by atoms with Gasteiger partial charge in [-0.2, -0.15) is 0 Å². The van der Waals surface area contributed by atoms with Gasteiger partial charge in [-0.25, -0.2) is 0 Å². The molecule has 2 aromatic carbocycles. The minimum absolute atomic E-state index is 0.0227. The summed E-state index contributed by atoms with van der Waals surface area (Å²) in [5, 5.41) is 6.20. The molecule has 158 valence electrons. The van der Waals surface area contributed by atoms with Crippen molar-refractivity contribution in [3.05, 3.63) is 59.1 Å². The van der Waals surface area contributed by atoms with E-state index in [2.05, 4.69) is 10.6 Å². The Kier molecular flexibility index (Phi) is 7.43. The molecule has 30 heavy (non-hydrogen) atoms. The molecule has 0 spiro atoms. The van der Waals surface area contributed by atoms with Crippen molar-refractivity contribution in [3.63, 3.8) is 0 Å². The number of nitrogens with one attached hydrogen (secondary N) is 2. The van der Waals surface area contributed by atoms with E-state index in [1.54, 1.807) is 48.5 Å². The van der Waals surface area contributed by atoms with Crippen molar-refractivity contribution in [2.45, 2.75) is 31.7 Å². The molecule has 1 atom stereocenters. The van der Waals surface area contributed by atoms with Crippen molar-refractivity contribution in [2.75, 3.05) is 23.7 Å². The van der Waals surface area contributed by atoms with Crippen molar-refractivity contribution >= 4 is 40.7 Å². The number of hydrogen-bond donors (Lipinski definition) is 3. The highest BCUT2D eigenvalue weighted by atomic mass is 35.5. The first-order valence-corrected chi connectivity index (χ1v) is 10.3. The predicted octanol–water partition coefficient (Wildman–Crippen LogP) is 3.26. The standard InChI is InChI=1S/C22H25ClN4O3/c23-15-8-10-16(11-9-15)25-22(30)18-6-1-2-7-19(18)26-21(29)14-27-12-4-3-5-17(27)13-20(24)28/h1-2,6-11,17H,3-5,12-14H2,(H2,24,28)(H,25,30)(H,26,29). The van der Waals surface area contributed by atoms with Crippen LogP contribution in [0.2, 0.25) is 5.02 Å². The van der Waals surface area contributed by atoms with Crippen LogP contribution in [-0.4, -0.2) is 41.8 Å². The molecule has 8 heteroatoms. The van der Waals surface area contributed by atoms with Crippen LogP contribution in [0, 0.1) is 0 Å². The molecule has 0 aromatic heterocycles. The van der Waals surface area contributed by atoms with Gasteiger partial charge in [-0.05, 0) is 55.8 Å². The molecule has 7 nitrogen and oxygen atoms in total. The summed E-state index contributed by atoms with van der Waals surface area (Å²) in [6.45, 7) is 0.884. The van der Waals surface area contributed by atoms with Crippen LogP contribution in [0.3, 0.4) is 0 Å². The van der Waals surface area contributed by atoms with Gasteiger partial charge in [-0.1, -0.05) is 30.2 Å². The third kappa shape index (κ3) is 6.05. The molecule has 2 aromatic rings. The number of amides is 3. The van der Waals surface area contributed by atoms with Crippen LogP contribution in [-0.2, 0) is 9.59 Å². The number of anilines is 2. The fourth-order valence-electron chi connectivity index (χ4n) is 3.63. The number of primary amides is 1. The summed E-state index contributed by atoms with van der Waals surface area (Å²) in [5.74, 6) is -0.938. The summed E-state index contributed by atoms with van der Waals surface area (Å²) in [6, 6.07) is 13.6. The zero-order valence-corrected chi connectivity index (χ0v) is 17.3. The maximum absolute atomic E-state index is 12.7. The van der Waals surface area contributed by atoms with E-state index in [9.17, 15) is 14.4 Å². The third-order valence-electron chi connectivity index (χ3n) is 5.08. The van der Waals surface area contributed by atoms with Crippen molar-refractivity contribution in [1.29, 1.82) is 0 Å². The fraction of sp³-hybridized carbons (Fsp3) is 0.318. The summed E-state index contributed by atoms with van der Waals surface area (Å²) in [5.41, 5.74) is 6.73. The van der Waals surface area contributed by atoms with Gasteiger partial charge in [-0.3, -0.25) is 19.3 Å². The van der Waals surface area contributed by atoms with Gasteiger partial charge in [0.15, 0.2) is 0 Å². The number of hydrogen-bond acceptors (Lipinski definition) is 4. The van der Waals surface area contributed by atoms with Crippen molar-refractivity contribution in [1.82, 2.24) is 4.90 Å². The molecule has 1 fully saturated rings. The monoisotopic (exact) mass is 428 g/mol. The number of para-hydroxylation sites is 1. The lowest BCUT2D eigenvalue weighted by Gasteiger charge is -2.34. The van der Waals surface area contributed by atoms with E-state index in [4.69, 9.17) is 17.3 Å². The number of benzene rings is 2. The molecule has 1 aliphatic rings. The molecular weight excluding hydrogens is 404 g/mol. The number of carbonyl (C=O) groups is 3. The molecule has 0 saturated carbocycles. The van der Waals surface area contributed by atoms with Gasteiger partial charge in [-0.15, -0.1) is 0 Å². The molecule has 0 bridgehead atoms. The smallest absolute Gasteiger partial charge is 0.257 e. The Hall–Kier alpha value is -2.90. The number of nitrogens with zero attached hydrogens (tertiary/aromatic N) is 1. The van der Waals surface area contributed by atoms with Gasteiger partial charge in [0.1, 0.15) is 0 Å². The average Bonchev–Trinajstić information content (AvgIpc) is 2.71. The highest BCUT2D eigenvalue weighted by Crippen LogP contribution is 2.21. The number of nitrogens with two attached hydrogens (primary N) is 1. The van der Waals surface area contributed by atoms with Gasteiger partial charge in [0, 0.05) is 23.2 Å². The van der Waals surface area contributed by atoms with E-state index >= 15 is 0 Å². The molecule has 4 N–H and O–H groups in total. The molecule has 1 heterocycles. The van der Waals surface area contributed by atoms with Crippen LogP contribution in [0.1, 0.15) is 36.0 Å². The van der Waals surface area contributed by atoms with Gasteiger partial charge < -0.3 is 16.4 Å². The minimum atomic E-state index is -0.364. The summed E-state index contributed by atoms with van der Waals surface area (Å²) in [6.07, 6.45) is 3.08. The van der Waals surface area contributed by atoms with E-state index in [0.717, 1.165) is 25.8 Å². The summed E-state index contributed by atoms with van der Waals surface area (Å²) >= 11 is 5.88. The normalized spacial score (nSPS) is 16.6. The first kappa shape index (κ1) is 21.8. The van der Waals surface area contributed by atoms with Crippen molar-refractivity contribution in [2.24, 2.45) is 5.73 Å². The second kappa shape index (κ2) is 10.2. The molecule has 3 rings (SSSR count). The van der Waals surface area contributed by atoms with Gasteiger partial charge in [0.25, 0.3) is 5.91 Å². The highest BCUT2D eigenvalue weighted by Gasteiger charge is 2.26. The number of piperidine rings is 1. The second-order valence-corrected chi connectivity index (χ2v) is 7.78. The highest BCUT2D eigenvalue weighted by molar-refractivity contribution is 6.30. The Morgan fingerprint density at radius 3 is 2.50 bits per heavy atom. The maximum Gasteiger partial charge on any atom is 0.257 e. The van der Waals surface area contributed by atoms with Crippen LogP contribution < -0.4 is 16.4 Å². The Morgan fingerprint density at radius 2 is 1.77 bits per heavy atom. The van der Waals surface area contributed by atoms with E-state index < -0.39 is 0 Å². The van der Waals surface area contributed by atoms with Crippen molar-refractivity contribution < 1.29 is 14.4 Å². The summed E-state index contributed by atoms with van der Waals surface area (Å²) < 4.78 is 0. The van der Waals surface area contributed by atoms with Gasteiger partial charge in [0.05, 0.1) is 17.8 Å². The second-order valence-electron chi connectivity index (χ2n) is 7.35. The van der Waals surface area contributed by atoms with Crippen LogP contribution in [0.4, 0.5) is 11.4 Å². The number of likely N-dealkylation sites (tertiary alicyclic amines) is 1. The first-order chi connectivity index (χ1) is 14.4. The molecule has 1 unspecified atom stereocenters.